The van der Waals surface area contributed by atoms with Crippen molar-refractivity contribution in [2.24, 2.45) is 0 Å². The summed E-state index contributed by atoms with van der Waals surface area (Å²) >= 11 is 3.40. The molecule has 0 amide bonds. The van der Waals surface area contributed by atoms with Crippen molar-refractivity contribution in [3.8, 4) is 0 Å². The van der Waals surface area contributed by atoms with Crippen LogP contribution in [0.15, 0.2) is 24.3 Å². The molecule has 0 heterocycles. The third kappa shape index (κ3) is 2.82. The highest BCUT2D eigenvalue weighted by Crippen LogP contribution is 2.38. The number of halogens is 1. The summed E-state index contributed by atoms with van der Waals surface area (Å²) < 4.78 is 22.4. The maximum Gasteiger partial charge on any atom is 0.330 e. The van der Waals surface area contributed by atoms with Crippen LogP contribution in [0.5, 0.6) is 0 Å². The van der Waals surface area contributed by atoms with Gasteiger partial charge in [0.2, 0.25) is 0 Å². The maximum atomic E-state index is 11.7. The van der Waals surface area contributed by atoms with Crippen LogP contribution < -0.4 is 4.31 Å². The fraction of sp³-hybridized carbons (Fsp3) is 0.462. The van der Waals surface area contributed by atoms with Crippen molar-refractivity contribution >= 4 is 34.5 Å². The number of aliphatic carboxylic acids is 1. The number of hydrogen-bond acceptors (Lipinski definition) is 2. The fourth-order valence-electron chi connectivity index (χ4n) is 2.70. The van der Waals surface area contributed by atoms with E-state index in [1.807, 2.05) is 0 Å². The highest BCUT2D eigenvalue weighted by Gasteiger charge is 2.47. The first-order chi connectivity index (χ1) is 9.47. The molecule has 1 fully saturated rings. The highest BCUT2D eigenvalue weighted by atomic mass is 35.5. The molecule has 0 bridgehead atoms. The molecule has 1 aliphatic carbocycles. The molecule has 5 nitrogen and oxygen atoms in total. The van der Waals surface area contributed by atoms with Gasteiger partial charge in [-0.25, -0.2) is 9.00 Å². The lowest BCUT2D eigenvalue weighted by atomic mass is 9.81. The molecule has 0 aliphatic heterocycles. The second kappa shape index (κ2) is 6.11. The summed E-state index contributed by atoms with van der Waals surface area (Å²) in [6.07, 6.45) is 3.12. The first-order valence-corrected chi connectivity index (χ1v) is 7.82. The number of hydrogen-bond donors (Lipinski definition) is 2. The number of rotatable bonds is 4. The van der Waals surface area contributed by atoms with Gasteiger partial charge in [0.25, 0.3) is 11.3 Å². The zero-order valence-corrected chi connectivity index (χ0v) is 12.4. The third-order valence-corrected chi connectivity index (χ3v) is 4.81. The smallest absolute Gasteiger partial charge is 0.330 e. The maximum absolute atomic E-state index is 11.7. The summed E-state index contributed by atoms with van der Waals surface area (Å²) in [6, 6.07) is 6.29. The minimum atomic E-state index is -2.41. The van der Waals surface area contributed by atoms with Gasteiger partial charge in [0.15, 0.2) is 5.54 Å². The molecule has 0 radical (unpaired) electrons. The number of benzene rings is 1. The van der Waals surface area contributed by atoms with Crippen LogP contribution in [0.4, 0.5) is 5.69 Å². The number of carbonyl (C=O) groups is 1. The lowest BCUT2D eigenvalue weighted by molar-refractivity contribution is -0.144. The lowest BCUT2D eigenvalue weighted by Gasteiger charge is -2.41. The lowest BCUT2D eigenvalue weighted by Crippen LogP contribution is -2.56. The van der Waals surface area contributed by atoms with Crippen LogP contribution in [0, 0.1) is 0 Å². The molecular formula is C13H16ClNO4S. The molecule has 0 saturated heterocycles. The molecule has 1 saturated carbocycles. The molecule has 110 valence electrons. The van der Waals surface area contributed by atoms with Crippen LogP contribution in [0.1, 0.15) is 32.1 Å². The van der Waals surface area contributed by atoms with Gasteiger partial charge in [0.05, 0.1) is 5.69 Å². The van der Waals surface area contributed by atoms with E-state index in [9.17, 15) is 18.7 Å². The van der Waals surface area contributed by atoms with E-state index in [4.69, 9.17) is 11.6 Å². The van der Waals surface area contributed by atoms with E-state index < -0.39 is 22.8 Å². The number of carboxylic acid groups (broad SMARTS) is 1. The Balaban J connectivity index is 2.47. The molecule has 20 heavy (non-hydrogen) atoms. The van der Waals surface area contributed by atoms with E-state index in [1.54, 1.807) is 24.3 Å². The minimum Gasteiger partial charge on any atom is -0.479 e. The Morgan fingerprint density at radius 1 is 1.20 bits per heavy atom. The van der Waals surface area contributed by atoms with Gasteiger partial charge in [0, 0.05) is 5.02 Å². The number of anilines is 1. The van der Waals surface area contributed by atoms with Crippen molar-refractivity contribution in [1.29, 1.82) is 0 Å². The molecule has 1 unspecified atom stereocenters. The van der Waals surface area contributed by atoms with Crippen LogP contribution in [-0.4, -0.2) is 25.4 Å². The van der Waals surface area contributed by atoms with E-state index in [2.05, 4.69) is 0 Å². The second-order valence-electron chi connectivity index (χ2n) is 4.90. The van der Waals surface area contributed by atoms with E-state index in [-0.39, 0.29) is 0 Å². The standard InChI is InChI=1S/C13H16ClNO4S/c14-10-4-6-11(7-5-10)15(20(18)19)13(12(16)17)8-2-1-3-9-13/h4-7H,1-3,8-9H2,(H,16,17)(H,18,19). The Morgan fingerprint density at radius 3 is 2.20 bits per heavy atom. The molecule has 2 N–H and O–H groups in total. The first-order valence-electron chi connectivity index (χ1n) is 6.37. The molecular weight excluding hydrogens is 302 g/mol. The quantitative estimate of drug-likeness (QED) is 0.837. The zero-order valence-electron chi connectivity index (χ0n) is 10.8. The Labute approximate surface area is 125 Å². The van der Waals surface area contributed by atoms with Crippen LogP contribution in [0.3, 0.4) is 0 Å². The summed E-state index contributed by atoms with van der Waals surface area (Å²) in [4.78, 5) is 11.7. The Morgan fingerprint density at radius 2 is 1.75 bits per heavy atom. The molecule has 1 aromatic rings. The zero-order chi connectivity index (χ0) is 14.8. The summed E-state index contributed by atoms with van der Waals surface area (Å²) in [6.45, 7) is 0. The first kappa shape index (κ1) is 15.3. The Kier molecular flexibility index (Phi) is 4.67. The van der Waals surface area contributed by atoms with Crippen LogP contribution in [-0.2, 0) is 16.1 Å². The Hall–Kier alpha value is -1.11. The van der Waals surface area contributed by atoms with Gasteiger partial charge in [0.1, 0.15) is 0 Å². The minimum absolute atomic E-state index is 0.358. The van der Waals surface area contributed by atoms with Crippen molar-refractivity contribution in [1.82, 2.24) is 0 Å². The molecule has 2 rings (SSSR count). The van der Waals surface area contributed by atoms with Crippen molar-refractivity contribution in [2.75, 3.05) is 4.31 Å². The van der Waals surface area contributed by atoms with Gasteiger partial charge in [-0.2, -0.15) is 0 Å². The topological polar surface area (TPSA) is 77.8 Å². The van der Waals surface area contributed by atoms with E-state index in [1.165, 1.54) is 0 Å². The van der Waals surface area contributed by atoms with Crippen molar-refractivity contribution in [3.05, 3.63) is 29.3 Å². The van der Waals surface area contributed by atoms with Crippen LogP contribution in [0.2, 0.25) is 5.02 Å². The average molecular weight is 318 g/mol. The van der Waals surface area contributed by atoms with Crippen LogP contribution >= 0.6 is 11.6 Å². The number of carboxylic acids is 1. The predicted molar refractivity (Wildman–Crippen MR) is 78.2 cm³/mol. The van der Waals surface area contributed by atoms with Crippen LogP contribution in [0.25, 0.3) is 0 Å². The van der Waals surface area contributed by atoms with Gasteiger partial charge in [-0.05, 0) is 37.1 Å². The summed E-state index contributed by atoms with van der Waals surface area (Å²) in [5.41, 5.74) is -0.939. The van der Waals surface area contributed by atoms with Gasteiger partial charge >= 0.3 is 5.97 Å². The average Bonchev–Trinajstić information content (AvgIpc) is 2.42. The monoisotopic (exact) mass is 317 g/mol. The molecule has 0 aromatic heterocycles. The largest absolute Gasteiger partial charge is 0.479 e. The number of nitrogens with zero attached hydrogens (tertiary/aromatic N) is 1. The molecule has 1 atom stereocenters. The molecule has 1 aliphatic rings. The van der Waals surface area contributed by atoms with Crippen molar-refractivity contribution < 1.29 is 18.7 Å². The van der Waals surface area contributed by atoms with E-state index in [0.29, 0.717) is 23.6 Å². The van der Waals surface area contributed by atoms with E-state index in [0.717, 1.165) is 23.6 Å². The fourth-order valence-corrected chi connectivity index (χ4v) is 3.69. The van der Waals surface area contributed by atoms with Gasteiger partial charge in [-0.3, -0.25) is 8.86 Å². The van der Waals surface area contributed by atoms with Crippen molar-refractivity contribution in [3.63, 3.8) is 0 Å². The highest BCUT2D eigenvalue weighted by molar-refractivity contribution is 7.80. The predicted octanol–water partition coefficient (Wildman–Crippen LogP) is 3.07. The van der Waals surface area contributed by atoms with Gasteiger partial charge in [-0.1, -0.05) is 30.9 Å². The van der Waals surface area contributed by atoms with Gasteiger partial charge < -0.3 is 5.11 Å². The third-order valence-electron chi connectivity index (χ3n) is 3.68. The summed E-state index contributed by atoms with van der Waals surface area (Å²) in [5.74, 6) is -1.06. The Bertz CT molecular complexity index is 514. The molecule has 7 heteroatoms. The van der Waals surface area contributed by atoms with Gasteiger partial charge in [-0.15, -0.1) is 0 Å². The van der Waals surface area contributed by atoms with Crippen molar-refractivity contribution in [2.45, 2.75) is 37.6 Å². The molecule has 1 aromatic carbocycles. The molecule has 0 spiro atoms. The van der Waals surface area contributed by atoms with E-state index >= 15 is 0 Å². The second-order valence-corrected chi connectivity index (χ2v) is 6.16. The normalized spacial score (nSPS) is 19.3. The summed E-state index contributed by atoms with van der Waals surface area (Å²) in [5, 5.41) is 10.1. The summed E-state index contributed by atoms with van der Waals surface area (Å²) in [7, 11) is 0. The SMILES string of the molecule is O=C(O)C1(N(c2ccc(Cl)cc2)S(=O)O)CCCCC1.